The zero-order valence-electron chi connectivity index (χ0n) is 8.69. The van der Waals surface area contributed by atoms with Crippen molar-refractivity contribution >= 4 is 11.9 Å². The first-order valence-electron chi connectivity index (χ1n) is 4.66. The molecule has 0 saturated carbocycles. The van der Waals surface area contributed by atoms with Crippen LogP contribution in [0.15, 0.2) is 0 Å². The standard InChI is InChI=1S/C9H14O6/c1-3-13-8(12)9(7(10)11)4-14-6(2)15-5-9/h6H,3-5H2,1-2H3,(H,10,11). The zero-order valence-corrected chi connectivity index (χ0v) is 8.69. The summed E-state index contributed by atoms with van der Waals surface area (Å²) in [6, 6.07) is 0. The molecule has 0 aromatic rings. The van der Waals surface area contributed by atoms with Crippen molar-refractivity contribution in [2.24, 2.45) is 5.41 Å². The molecule has 15 heavy (non-hydrogen) atoms. The number of hydrogen-bond acceptors (Lipinski definition) is 5. The Morgan fingerprint density at radius 2 is 2.00 bits per heavy atom. The summed E-state index contributed by atoms with van der Waals surface area (Å²) in [6.45, 7) is 2.94. The average molecular weight is 218 g/mol. The predicted molar refractivity (Wildman–Crippen MR) is 48.1 cm³/mol. The monoisotopic (exact) mass is 218 g/mol. The molecule has 86 valence electrons. The van der Waals surface area contributed by atoms with Crippen LogP contribution in [0.2, 0.25) is 0 Å². The van der Waals surface area contributed by atoms with E-state index >= 15 is 0 Å². The molecule has 1 N–H and O–H groups in total. The third-order valence-electron chi connectivity index (χ3n) is 2.20. The van der Waals surface area contributed by atoms with Crippen LogP contribution >= 0.6 is 0 Å². The quantitative estimate of drug-likeness (QED) is 0.531. The molecule has 1 fully saturated rings. The second-order valence-electron chi connectivity index (χ2n) is 3.30. The molecule has 0 atom stereocenters. The third kappa shape index (κ3) is 2.27. The number of carbonyl (C=O) groups is 2. The first-order valence-corrected chi connectivity index (χ1v) is 4.66. The van der Waals surface area contributed by atoms with Crippen LogP contribution in [0.3, 0.4) is 0 Å². The van der Waals surface area contributed by atoms with Gasteiger partial charge in [-0.1, -0.05) is 0 Å². The van der Waals surface area contributed by atoms with E-state index in [1.807, 2.05) is 0 Å². The summed E-state index contributed by atoms with van der Waals surface area (Å²) in [4.78, 5) is 22.5. The second kappa shape index (κ2) is 4.59. The lowest BCUT2D eigenvalue weighted by Gasteiger charge is -2.33. The van der Waals surface area contributed by atoms with Crippen LogP contribution in [-0.2, 0) is 23.8 Å². The van der Waals surface area contributed by atoms with E-state index in [2.05, 4.69) is 0 Å². The molecule has 1 aliphatic rings. The fraction of sp³-hybridized carbons (Fsp3) is 0.778. The molecule has 1 heterocycles. The van der Waals surface area contributed by atoms with Crippen LogP contribution in [0, 0.1) is 5.41 Å². The van der Waals surface area contributed by atoms with Crippen molar-refractivity contribution in [1.29, 1.82) is 0 Å². The Hall–Kier alpha value is -1.14. The van der Waals surface area contributed by atoms with Crippen molar-refractivity contribution in [1.82, 2.24) is 0 Å². The molecule has 1 rings (SSSR count). The second-order valence-corrected chi connectivity index (χ2v) is 3.30. The minimum atomic E-state index is -1.72. The number of carboxylic acids is 1. The maximum atomic E-state index is 11.5. The molecule has 0 aromatic carbocycles. The molecule has 0 radical (unpaired) electrons. The summed E-state index contributed by atoms with van der Waals surface area (Å²) in [7, 11) is 0. The predicted octanol–water partition coefficient (Wildman–Crippen LogP) is 0.0133. The minimum absolute atomic E-state index is 0.128. The van der Waals surface area contributed by atoms with E-state index in [9.17, 15) is 9.59 Å². The Labute approximate surface area is 87.1 Å². The lowest BCUT2D eigenvalue weighted by atomic mass is 9.89. The minimum Gasteiger partial charge on any atom is -0.480 e. The van der Waals surface area contributed by atoms with Crippen molar-refractivity contribution in [2.45, 2.75) is 20.1 Å². The normalized spacial score (nSPS) is 30.9. The summed E-state index contributed by atoms with van der Waals surface area (Å²) in [5, 5.41) is 9.01. The Morgan fingerprint density at radius 1 is 1.47 bits per heavy atom. The summed E-state index contributed by atoms with van der Waals surface area (Å²) in [5.41, 5.74) is -1.72. The molecule has 0 aromatic heterocycles. The van der Waals surface area contributed by atoms with Crippen molar-refractivity contribution in [3.63, 3.8) is 0 Å². The van der Waals surface area contributed by atoms with Crippen molar-refractivity contribution in [3.8, 4) is 0 Å². The fourth-order valence-electron chi connectivity index (χ4n) is 1.21. The summed E-state index contributed by atoms with van der Waals surface area (Å²) >= 11 is 0. The number of rotatable bonds is 3. The van der Waals surface area contributed by atoms with Gasteiger partial charge in [-0.05, 0) is 13.8 Å². The number of hydrogen-bond donors (Lipinski definition) is 1. The van der Waals surface area contributed by atoms with Gasteiger partial charge in [0.25, 0.3) is 0 Å². The Bertz CT molecular complexity index is 253. The maximum Gasteiger partial charge on any atom is 0.328 e. The molecule has 0 amide bonds. The molecule has 6 heteroatoms. The highest BCUT2D eigenvalue weighted by Gasteiger charge is 2.51. The van der Waals surface area contributed by atoms with Crippen LogP contribution in [0.5, 0.6) is 0 Å². The zero-order chi connectivity index (χ0) is 11.5. The van der Waals surface area contributed by atoms with Crippen LogP contribution in [0.1, 0.15) is 13.8 Å². The van der Waals surface area contributed by atoms with Gasteiger partial charge in [0, 0.05) is 0 Å². The van der Waals surface area contributed by atoms with E-state index in [0.717, 1.165) is 0 Å². The molecule has 0 aliphatic carbocycles. The van der Waals surface area contributed by atoms with E-state index in [-0.39, 0.29) is 19.8 Å². The highest BCUT2D eigenvalue weighted by atomic mass is 16.7. The molecule has 0 spiro atoms. The number of carbonyl (C=O) groups excluding carboxylic acids is 1. The summed E-state index contributed by atoms with van der Waals surface area (Å²) < 4.78 is 14.7. The maximum absolute atomic E-state index is 11.5. The largest absolute Gasteiger partial charge is 0.480 e. The topological polar surface area (TPSA) is 82.1 Å². The van der Waals surface area contributed by atoms with E-state index < -0.39 is 23.6 Å². The molecular weight excluding hydrogens is 204 g/mol. The van der Waals surface area contributed by atoms with E-state index in [4.69, 9.17) is 19.3 Å². The molecule has 1 saturated heterocycles. The molecule has 1 aliphatic heterocycles. The van der Waals surface area contributed by atoms with Gasteiger partial charge in [-0.2, -0.15) is 0 Å². The summed E-state index contributed by atoms with van der Waals surface area (Å²) in [6.07, 6.45) is -0.494. The highest BCUT2D eigenvalue weighted by Crippen LogP contribution is 2.26. The van der Waals surface area contributed by atoms with Crippen LogP contribution in [0.4, 0.5) is 0 Å². The highest BCUT2D eigenvalue weighted by molar-refractivity contribution is 5.99. The van der Waals surface area contributed by atoms with Gasteiger partial charge < -0.3 is 19.3 Å². The lowest BCUT2D eigenvalue weighted by Crippen LogP contribution is -2.52. The first kappa shape index (κ1) is 11.9. The lowest BCUT2D eigenvalue weighted by molar-refractivity contribution is -0.232. The third-order valence-corrected chi connectivity index (χ3v) is 2.20. The van der Waals surface area contributed by atoms with E-state index in [1.165, 1.54) is 0 Å². The van der Waals surface area contributed by atoms with Crippen LogP contribution in [-0.4, -0.2) is 43.2 Å². The molecule has 6 nitrogen and oxygen atoms in total. The van der Waals surface area contributed by atoms with Crippen molar-refractivity contribution < 1.29 is 28.9 Å². The molecular formula is C9H14O6. The fourth-order valence-corrected chi connectivity index (χ4v) is 1.21. The van der Waals surface area contributed by atoms with Gasteiger partial charge in [0.05, 0.1) is 19.8 Å². The summed E-state index contributed by atoms with van der Waals surface area (Å²) in [5.74, 6) is -2.10. The Kier molecular flexibility index (Phi) is 3.65. The van der Waals surface area contributed by atoms with Gasteiger partial charge in [0.1, 0.15) is 0 Å². The van der Waals surface area contributed by atoms with Gasteiger partial charge in [-0.15, -0.1) is 0 Å². The Balaban J connectivity index is 2.80. The van der Waals surface area contributed by atoms with Gasteiger partial charge in [-0.3, -0.25) is 9.59 Å². The van der Waals surface area contributed by atoms with Gasteiger partial charge >= 0.3 is 11.9 Å². The van der Waals surface area contributed by atoms with Crippen LogP contribution in [0.25, 0.3) is 0 Å². The van der Waals surface area contributed by atoms with Crippen molar-refractivity contribution in [3.05, 3.63) is 0 Å². The molecule has 0 bridgehead atoms. The number of esters is 1. The number of ether oxygens (including phenoxy) is 3. The SMILES string of the molecule is CCOC(=O)C1(C(=O)O)COC(C)OC1. The van der Waals surface area contributed by atoms with Crippen LogP contribution < -0.4 is 0 Å². The van der Waals surface area contributed by atoms with Crippen molar-refractivity contribution in [2.75, 3.05) is 19.8 Å². The Morgan fingerprint density at radius 3 is 2.40 bits per heavy atom. The number of carboxylic acid groups (broad SMARTS) is 1. The number of aliphatic carboxylic acids is 1. The van der Waals surface area contributed by atoms with Gasteiger partial charge in [-0.25, -0.2) is 0 Å². The van der Waals surface area contributed by atoms with E-state index in [1.54, 1.807) is 13.8 Å². The first-order chi connectivity index (χ1) is 7.03. The van der Waals surface area contributed by atoms with E-state index in [0.29, 0.717) is 0 Å². The van der Waals surface area contributed by atoms with Gasteiger partial charge in [0.2, 0.25) is 5.41 Å². The van der Waals surface area contributed by atoms with Gasteiger partial charge in [0.15, 0.2) is 6.29 Å². The smallest absolute Gasteiger partial charge is 0.328 e. The average Bonchev–Trinajstić information content (AvgIpc) is 2.19. The molecule has 0 unspecified atom stereocenters.